The molecular formula is C20H22ClN5O2. The minimum atomic E-state index is 0.208. The first kappa shape index (κ1) is 21.1. The normalized spacial score (nSPS) is 11.5. The van der Waals surface area contributed by atoms with Crippen LogP contribution in [0.5, 0.6) is 0 Å². The van der Waals surface area contributed by atoms with Gasteiger partial charge < -0.3 is 10.2 Å². The van der Waals surface area contributed by atoms with E-state index in [9.17, 15) is 4.79 Å². The zero-order valence-corrected chi connectivity index (χ0v) is 16.8. The van der Waals surface area contributed by atoms with Crippen LogP contribution in [-0.4, -0.2) is 35.2 Å². The maximum absolute atomic E-state index is 11.5. The lowest BCUT2D eigenvalue weighted by atomic mass is 10.0. The van der Waals surface area contributed by atoms with Crippen molar-refractivity contribution in [2.24, 2.45) is 10.1 Å². The Kier molecular flexibility index (Phi) is 7.28. The molecule has 1 N–H and O–H groups in total. The summed E-state index contributed by atoms with van der Waals surface area (Å²) in [4.78, 5) is 20.3. The minimum absolute atomic E-state index is 0.208. The van der Waals surface area contributed by atoms with Crippen LogP contribution in [0.2, 0.25) is 0 Å². The van der Waals surface area contributed by atoms with E-state index >= 15 is 0 Å². The minimum Gasteiger partial charge on any atom is -0.399 e. The Labute approximate surface area is 169 Å². The predicted molar refractivity (Wildman–Crippen MR) is 113 cm³/mol. The summed E-state index contributed by atoms with van der Waals surface area (Å²) in [7, 11) is 1.45. The lowest BCUT2D eigenvalue weighted by Crippen LogP contribution is -2.18. The van der Waals surface area contributed by atoms with Crippen molar-refractivity contribution in [3.05, 3.63) is 70.7 Å². The van der Waals surface area contributed by atoms with Crippen molar-refractivity contribution in [1.29, 1.82) is 0 Å². The van der Waals surface area contributed by atoms with Crippen LogP contribution in [-0.2, 0) is 11.4 Å². The number of halogens is 1. The number of aldehydes is 1. The molecule has 0 unspecified atom stereocenters. The van der Waals surface area contributed by atoms with Crippen LogP contribution >= 0.6 is 11.6 Å². The molecule has 7 nitrogen and oxygen atoms in total. The molecule has 0 aliphatic carbocycles. The fraction of sp³-hybridized carbons (Fsp3) is 0.200. The molecule has 0 saturated carbocycles. The van der Waals surface area contributed by atoms with Gasteiger partial charge in [0.05, 0.1) is 23.5 Å². The van der Waals surface area contributed by atoms with E-state index in [2.05, 4.69) is 33.7 Å². The van der Waals surface area contributed by atoms with E-state index in [1.54, 1.807) is 10.7 Å². The molecule has 8 heteroatoms. The van der Waals surface area contributed by atoms with E-state index in [-0.39, 0.29) is 5.03 Å². The lowest BCUT2D eigenvalue weighted by Gasteiger charge is -2.14. The fourth-order valence-corrected chi connectivity index (χ4v) is 2.89. The standard InChI is InChI=1S/C20H22ClN5O2/c1-6-22-20(15(4)21)26-18(9-17(25-26)10-24-28-5)11-23-19-14(3)7-13(2)8-16(19)12-27/h6-10,12,23H,1,4,11H2,2-3,5H3/b22-20?,24-10+. The third kappa shape index (κ3) is 4.95. The number of nitrogens with one attached hydrogen (secondary N) is 1. The Hall–Kier alpha value is -3.19. The van der Waals surface area contributed by atoms with Gasteiger partial charge in [0.25, 0.3) is 0 Å². The number of aliphatic imine (C=N–C) groups is 1. The summed E-state index contributed by atoms with van der Waals surface area (Å²) in [5.74, 6) is 0.335. The molecule has 2 aromatic rings. The average Bonchev–Trinajstić information content (AvgIpc) is 3.05. The van der Waals surface area contributed by atoms with E-state index in [1.165, 1.54) is 19.5 Å². The van der Waals surface area contributed by atoms with Crippen molar-refractivity contribution in [2.75, 3.05) is 12.4 Å². The molecule has 0 bridgehead atoms. The van der Waals surface area contributed by atoms with Crippen LogP contribution in [0.15, 0.2) is 52.7 Å². The molecule has 0 aliphatic rings. The van der Waals surface area contributed by atoms with E-state index in [0.29, 0.717) is 23.6 Å². The molecule has 0 fully saturated rings. The second-order valence-electron chi connectivity index (χ2n) is 5.95. The number of oxime groups is 1. The largest absolute Gasteiger partial charge is 0.399 e. The molecule has 1 heterocycles. The lowest BCUT2D eigenvalue weighted by molar-refractivity contribution is 0.112. The molecule has 28 heavy (non-hydrogen) atoms. The van der Waals surface area contributed by atoms with Crippen molar-refractivity contribution < 1.29 is 9.63 Å². The molecule has 0 saturated heterocycles. The smallest absolute Gasteiger partial charge is 0.171 e. The van der Waals surface area contributed by atoms with Gasteiger partial charge in [-0.1, -0.05) is 41.5 Å². The molecular weight excluding hydrogens is 378 g/mol. The van der Waals surface area contributed by atoms with Crippen molar-refractivity contribution in [1.82, 2.24) is 9.78 Å². The van der Waals surface area contributed by atoms with Gasteiger partial charge in [0, 0.05) is 17.5 Å². The van der Waals surface area contributed by atoms with Crippen molar-refractivity contribution >= 4 is 35.6 Å². The number of nitrogens with zero attached hydrogens (tertiary/aromatic N) is 4. The van der Waals surface area contributed by atoms with Crippen molar-refractivity contribution in [2.45, 2.75) is 20.4 Å². The van der Waals surface area contributed by atoms with Gasteiger partial charge in [-0.25, -0.2) is 9.67 Å². The van der Waals surface area contributed by atoms with Crippen LogP contribution in [0, 0.1) is 13.8 Å². The first-order valence-corrected chi connectivity index (χ1v) is 8.78. The third-order valence-electron chi connectivity index (χ3n) is 3.83. The van der Waals surface area contributed by atoms with Gasteiger partial charge in [-0.3, -0.25) is 4.79 Å². The van der Waals surface area contributed by atoms with Crippen LogP contribution in [0.1, 0.15) is 32.9 Å². The van der Waals surface area contributed by atoms with Crippen molar-refractivity contribution in [3.8, 4) is 0 Å². The number of aryl methyl sites for hydroxylation is 2. The Morgan fingerprint density at radius 1 is 1.39 bits per heavy atom. The highest BCUT2D eigenvalue weighted by molar-refractivity contribution is 6.43. The summed E-state index contributed by atoms with van der Waals surface area (Å²) in [5.41, 5.74) is 4.61. The Morgan fingerprint density at radius 3 is 2.75 bits per heavy atom. The second kappa shape index (κ2) is 9.66. The van der Waals surface area contributed by atoms with Crippen molar-refractivity contribution in [3.63, 3.8) is 0 Å². The average molecular weight is 400 g/mol. The van der Waals surface area contributed by atoms with E-state index in [4.69, 9.17) is 16.4 Å². The first-order valence-electron chi connectivity index (χ1n) is 8.40. The summed E-state index contributed by atoms with van der Waals surface area (Å²) in [6.45, 7) is 11.6. The highest BCUT2D eigenvalue weighted by Crippen LogP contribution is 2.22. The van der Waals surface area contributed by atoms with Gasteiger partial charge in [0.2, 0.25) is 0 Å². The zero-order chi connectivity index (χ0) is 20.7. The van der Waals surface area contributed by atoms with Gasteiger partial charge in [-0.05, 0) is 31.5 Å². The summed E-state index contributed by atoms with van der Waals surface area (Å²) >= 11 is 6.09. The van der Waals surface area contributed by atoms with Crippen LogP contribution in [0.25, 0.3) is 0 Å². The number of benzene rings is 1. The highest BCUT2D eigenvalue weighted by Gasteiger charge is 2.15. The fourth-order valence-electron chi connectivity index (χ4n) is 2.76. The number of anilines is 1. The van der Waals surface area contributed by atoms with Gasteiger partial charge in [-0.2, -0.15) is 5.10 Å². The Bertz CT molecular complexity index is 960. The zero-order valence-electron chi connectivity index (χ0n) is 16.1. The molecule has 146 valence electrons. The number of carbonyl (C=O) groups excluding carboxylic acids is 1. The summed E-state index contributed by atoms with van der Waals surface area (Å²) in [5, 5.41) is 11.7. The topological polar surface area (TPSA) is 80.9 Å². The van der Waals surface area contributed by atoms with Gasteiger partial charge >= 0.3 is 0 Å². The van der Waals surface area contributed by atoms with Crippen LogP contribution in [0.3, 0.4) is 0 Å². The molecule has 0 spiro atoms. The quantitative estimate of drug-likeness (QED) is 0.314. The number of hydrogen-bond acceptors (Lipinski definition) is 6. The van der Waals surface area contributed by atoms with Gasteiger partial charge in [0.1, 0.15) is 12.8 Å². The number of hydrogen-bond donors (Lipinski definition) is 1. The van der Waals surface area contributed by atoms with Crippen LogP contribution < -0.4 is 5.32 Å². The van der Waals surface area contributed by atoms with E-state index in [1.807, 2.05) is 26.0 Å². The Morgan fingerprint density at radius 2 is 2.14 bits per heavy atom. The first-order chi connectivity index (χ1) is 13.4. The molecule has 0 atom stereocenters. The SMILES string of the molecule is C=CN=C(C(=C)Cl)n1nc(/C=N/OC)cc1CNc1c(C)cc(C)cc1C=O. The number of carbonyl (C=O) groups is 1. The number of allylic oxidation sites excluding steroid dienone is 1. The van der Waals surface area contributed by atoms with E-state index in [0.717, 1.165) is 28.8 Å². The highest BCUT2D eigenvalue weighted by atomic mass is 35.5. The maximum atomic E-state index is 11.5. The molecule has 0 radical (unpaired) electrons. The Balaban J connectivity index is 2.45. The predicted octanol–water partition coefficient (Wildman–Crippen LogP) is 4.05. The van der Waals surface area contributed by atoms with E-state index < -0.39 is 0 Å². The summed E-state index contributed by atoms with van der Waals surface area (Å²) in [6.07, 6.45) is 3.66. The number of aromatic nitrogens is 2. The monoisotopic (exact) mass is 399 g/mol. The molecule has 0 amide bonds. The van der Waals surface area contributed by atoms with Gasteiger partial charge in [0.15, 0.2) is 12.1 Å². The molecule has 1 aromatic carbocycles. The van der Waals surface area contributed by atoms with Gasteiger partial charge in [-0.15, -0.1) is 0 Å². The molecule has 2 rings (SSSR count). The third-order valence-corrected chi connectivity index (χ3v) is 4.00. The maximum Gasteiger partial charge on any atom is 0.171 e. The molecule has 1 aromatic heterocycles. The van der Waals surface area contributed by atoms with Crippen LogP contribution in [0.4, 0.5) is 5.69 Å². The second-order valence-corrected chi connectivity index (χ2v) is 6.40. The molecule has 0 aliphatic heterocycles. The summed E-state index contributed by atoms with van der Waals surface area (Å²) in [6, 6.07) is 5.65. The number of rotatable bonds is 8. The summed E-state index contributed by atoms with van der Waals surface area (Å²) < 4.78 is 1.55.